The van der Waals surface area contributed by atoms with Crippen LogP contribution in [0.25, 0.3) is 0 Å². The molecule has 0 spiro atoms. The number of halogens is 3. The fourth-order valence-electron chi connectivity index (χ4n) is 0.971. The van der Waals surface area contributed by atoms with Crippen molar-refractivity contribution in [1.82, 2.24) is 0 Å². The molecule has 0 aliphatic rings. The molecule has 0 saturated carbocycles. The van der Waals surface area contributed by atoms with Gasteiger partial charge in [0, 0.05) is 6.26 Å². The molecule has 0 N–H and O–H groups in total. The Morgan fingerprint density at radius 1 is 1.44 bits per heavy atom. The summed E-state index contributed by atoms with van der Waals surface area (Å²) in [6.07, 6.45) is 0.910. The normalized spacial score (nSPS) is 15.5. The van der Waals surface area contributed by atoms with Crippen molar-refractivity contribution in [3.05, 3.63) is 35.6 Å². The van der Waals surface area contributed by atoms with Crippen LogP contribution in [0.1, 0.15) is 10.4 Å². The van der Waals surface area contributed by atoms with Crippen molar-refractivity contribution < 1.29 is 17.6 Å². The van der Waals surface area contributed by atoms with Crippen LogP contribution in [0.15, 0.2) is 24.3 Å². The molecule has 0 aromatic heterocycles. The zero-order valence-electron chi connectivity index (χ0n) is 8.08. The fraction of sp³-hybridized carbons (Fsp3) is 0.222. The zero-order valence-corrected chi connectivity index (χ0v) is 12.6. The minimum Gasteiger partial charge on any atom is -0.290 e. The van der Waals surface area contributed by atoms with E-state index in [1.54, 1.807) is 0 Å². The fourth-order valence-corrected chi connectivity index (χ4v) is 1.92. The molecule has 1 aromatic rings. The number of sulfone groups is 1. The van der Waals surface area contributed by atoms with Gasteiger partial charge in [0.15, 0.2) is 9.84 Å². The van der Waals surface area contributed by atoms with Crippen LogP contribution >= 0.6 is 38.5 Å². The summed E-state index contributed by atoms with van der Waals surface area (Å²) in [5, 5.41) is 0. The summed E-state index contributed by atoms with van der Waals surface area (Å²) >= 11 is 4.26. The number of benzene rings is 1. The molecule has 0 bridgehead atoms. The Kier molecular flexibility index (Phi) is 4.12. The highest BCUT2D eigenvalue weighted by Crippen LogP contribution is 2.36. The predicted molar refractivity (Wildman–Crippen MR) is 71.3 cm³/mol. The second-order valence-corrected chi connectivity index (χ2v) is 10.8. The first-order valence-corrected chi connectivity index (χ1v) is 7.81. The van der Waals surface area contributed by atoms with Crippen molar-refractivity contribution in [2.24, 2.45) is 0 Å². The first-order chi connectivity index (χ1) is 7.18. The lowest BCUT2D eigenvalue weighted by Crippen LogP contribution is -2.34. The molecule has 0 aliphatic carbocycles. The molecule has 7 heteroatoms. The maximum Gasteiger partial charge on any atom is 0.239 e. The monoisotopic (exact) mass is 420 g/mol. The van der Waals surface area contributed by atoms with E-state index >= 15 is 0 Å². The number of ketones is 1. The summed E-state index contributed by atoms with van der Waals surface area (Å²) < 4.78 is 34.2. The summed E-state index contributed by atoms with van der Waals surface area (Å²) in [5.74, 6) is -1.56. The van der Waals surface area contributed by atoms with Gasteiger partial charge >= 0.3 is 0 Å². The van der Waals surface area contributed by atoms with Gasteiger partial charge in [0.25, 0.3) is 0 Å². The number of Topliss-reactive ketones (excluding diaryl/α,β-unsaturated/α-hetero) is 1. The van der Waals surface area contributed by atoms with Gasteiger partial charge in [-0.2, -0.15) is 0 Å². The Morgan fingerprint density at radius 2 is 1.94 bits per heavy atom. The SMILES string of the molecule is CS(=O)(=O)[C@](Br)(I)C(=O)c1ccccc1F. The number of alkyl halides is 2. The highest BCUT2D eigenvalue weighted by atomic mass is 127. The summed E-state index contributed by atoms with van der Waals surface area (Å²) in [7, 11) is -3.68. The van der Waals surface area contributed by atoms with Crippen LogP contribution in [-0.4, -0.2) is 22.1 Å². The molecular weight excluding hydrogens is 414 g/mol. The van der Waals surface area contributed by atoms with Gasteiger partial charge in [-0.05, 0) is 50.7 Å². The van der Waals surface area contributed by atoms with Gasteiger partial charge in [0.1, 0.15) is 5.82 Å². The quantitative estimate of drug-likeness (QED) is 0.429. The molecule has 0 heterocycles. The minimum atomic E-state index is -3.68. The second-order valence-electron chi connectivity index (χ2n) is 3.10. The lowest BCUT2D eigenvalue weighted by atomic mass is 10.1. The van der Waals surface area contributed by atoms with E-state index in [4.69, 9.17) is 0 Å². The van der Waals surface area contributed by atoms with E-state index in [-0.39, 0.29) is 5.56 Å². The van der Waals surface area contributed by atoms with Gasteiger partial charge in [-0.1, -0.05) is 12.1 Å². The largest absolute Gasteiger partial charge is 0.290 e. The average molecular weight is 421 g/mol. The number of rotatable bonds is 3. The molecular formula is C9H7BrFIO3S. The van der Waals surface area contributed by atoms with Crippen LogP contribution < -0.4 is 0 Å². The third-order valence-electron chi connectivity index (χ3n) is 1.85. The van der Waals surface area contributed by atoms with E-state index in [0.29, 0.717) is 0 Å². The molecule has 3 nitrogen and oxygen atoms in total. The molecule has 1 atom stereocenters. The molecule has 1 aromatic carbocycles. The van der Waals surface area contributed by atoms with Gasteiger partial charge in [-0.3, -0.25) is 4.79 Å². The van der Waals surface area contributed by atoms with Crippen molar-refractivity contribution in [1.29, 1.82) is 0 Å². The lowest BCUT2D eigenvalue weighted by molar-refractivity contribution is 0.100. The Labute approximate surface area is 115 Å². The van der Waals surface area contributed by atoms with Crippen molar-refractivity contribution in [3.8, 4) is 0 Å². The minimum absolute atomic E-state index is 0.251. The first kappa shape index (κ1) is 14.0. The first-order valence-electron chi connectivity index (χ1n) is 4.04. The Balaban J connectivity index is 3.29. The van der Waals surface area contributed by atoms with Crippen LogP contribution in [-0.2, 0) is 9.84 Å². The summed E-state index contributed by atoms with van der Waals surface area (Å²) in [6, 6.07) is 5.25. The molecule has 0 unspecified atom stereocenters. The van der Waals surface area contributed by atoms with E-state index in [1.807, 2.05) is 0 Å². The van der Waals surface area contributed by atoms with Crippen molar-refractivity contribution in [2.45, 2.75) is 1.66 Å². The van der Waals surface area contributed by atoms with E-state index < -0.39 is 23.1 Å². The number of hydrogen-bond acceptors (Lipinski definition) is 3. The standard InChI is InChI=1S/C9H7BrFIO3S/c1-16(14,15)9(10,12)8(13)6-4-2-3-5-7(6)11/h2-5H,1H3/t9-/m1/s1. The zero-order chi connectivity index (χ0) is 12.6. The molecule has 0 fully saturated rings. The van der Waals surface area contributed by atoms with Crippen LogP contribution in [0, 0.1) is 5.82 Å². The molecule has 0 aliphatic heterocycles. The third kappa shape index (κ3) is 2.62. The molecule has 1 rings (SSSR count). The molecule has 0 radical (unpaired) electrons. The lowest BCUT2D eigenvalue weighted by Gasteiger charge is -2.17. The summed E-state index contributed by atoms with van der Waals surface area (Å²) in [6.45, 7) is 0. The third-order valence-corrected chi connectivity index (χ3v) is 7.98. The summed E-state index contributed by atoms with van der Waals surface area (Å²) in [5.41, 5.74) is -0.251. The number of carbonyl (C=O) groups excluding carboxylic acids is 1. The van der Waals surface area contributed by atoms with Gasteiger partial charge < -0.3 is 0 Å². The van der Waals surface area contributed by atoms with Crippen molar-refractivity contribution >= 4 is 54.1 Å². The average Bonchev–Trinajstić information content (AvgIpc) is 2.15. The van der Waals surface area contributed by atoms with Gasteiger partial charge in [0.05, 0.1) is 5.56 Å². The Hall–Kier alpha value is -0.0200. The number of hydrogen-bond donors (Lipinski definition) is 0. The highest BCUT2D eigenvalue weighted by Gasteiger charge is 2.44. The maximum absolute atomic E-state index is 13.3. The molecule has 0 saturated heterocycles. The highest BCUT2D eigenvalue weighted by molar-refractivity contribution is 14.1. The van der Waals surface area contributed by atoms with E-state index in [9.17, 15) is 17.6 Å². The van der Waals surface area contributed by atoms with Crippen molar-refractivity contribution in [2.75, 3.05) is 6.26 Å². The molecule has 16 heavy (non-hydrogen) atoms. The van der Waals surface area contributed by atoms with Crippen LogP contribution in [0.3, 0.4) is 0 Å². The predicted octanol–water partition coefficient (Wildman–Crippen LogP) is 2.54. The van der Waals surface area contributed by atoms with Crippen LogP contribution in [0.2, 0.25) is 0 Å². The molecule has 88 valence electrons. The van der Waals surface area contributed by atoms with E-state index in [0.717, 1.165) is 12.3 Å². The van der Waals surface area contributed by atoms with Crippen LogP contribution in [0.4, 0.5) is 4.39 Å². The smallest absolute Gasteiger partial charge is 0.239 e. The van der Waals surface area contributed by atoms with Gasteiger partial charge in [-0.15, -0.1) is 0 Å². The number of carbonyl (C=O) groups is 1. The topological polar surface area (TPSA) is 51.2 Å². The maximum atomic E-state index is 13.3. The summed E-state index contributed by atoms with van der Waals surface area (Å²) in [4.78, 5) is 11.9. The second kappa shape index (κ2) is 4.69. The Bertz CT molecular complexity index is 527. The van der Waals surface area contributed by atoms with Crippen LogP contribution in [0.5, 0.6) is 0 Å². The molecule has 0 amide bonds. The van der Waals surface area contributed by atoms with E-state index in [1.165, 1.54) is 40.8 Å². The van der Waals surface area contributed by atoms with Gasteiger partial charge in [0.2, 0.25) is 7.45 Å². The Morgan fingerprint density at radius 3 is 2.38 bits per heavy atom. The van der Waals surface area contributed by atoms with Gasteiger partial charge in [-0.25, -0.2) is 12.8 Å². The van der Waals surface area contributed by atoms with Crippen molar-refractivity contribution in [3.63, 3.8) is 0 Å². The van der Waals surface area contributed by atoms with E-state index in [2.05, 4.69) is 15.9 Å².